The zero-order valence-electron chi connectivity index (χ0n) is 24.9. The van der Waals surface area contributed by atoms with E-state index in [2.05, 4.69) is 168 Å². The van der Waals surface area contributed by atoms with E-state index < -0.39 is 0 Å². The molecule has 2 heterocycles. The van der Waals surface area contributed by atoms with Gasteiger partial charge in [0.05, 0.1) is 16.7 Å². The first kappa shape index (κ1) is 25.6. The summed E-state index contributed by atoms with van der Waals surface area (Å²) in [5.41, 5.74) is 8.64. The Morgan fingerprint density at radius 1 is 0.370 bits per heavy atom. The summed E-state index contributed by atoms with van der Waals surface area (Å²) in [6.45, 7) is 0. The van der Waals surface area contributed by atoms with E-state index in [0.29, 0.717) is 0 Å². The third-order valence-electron chi connectivity index (χ3n) is 9.59. The molecule has 10 rings (SSSR count). The quantitative estimate of drug-likeness (QED) is 0.178. The highest BCUT2D eigenvalue weighted by atomic mass is 32.1. The van der Waals surface area contributed by atoms with Gasteiger partial charge < -0.3 is 4.57 Å². The Balaban J connectivity index is 1.24. The lowest BCUT2D eigenvalue weighted by Crippen LogP contribution is -1.97. The summed E-state index contributed by atoms with van der Waals surface area (Å²) in [5, 5.41) is 10.3. The van der Waals surface area contributed by atoms with Crippen LogP contribution in [0.4, 0.5) is 0 Å². The van der Waals surface area contributed by atoms with Crippen molar-refractivity contribution in [1.29, 1.82) is 0 Å². The van der Waals surface area contributed by atoms with Crippen molar-refractivity contribution in [3.63, 3.8) is 0 Å². The number of rotatable bonds is 3. The Hall–Kier alpha value is -5.70. The molecule has 0 saturated heterocycles. The van der Waals surface area contributed by atoms with Crippen LogP contribution in [0, 0.1) is 0 Å². The van der Waals surface area contributed by atoms with Crippen LogP contribution in [-0.4, -0.2) is 4.57 Å². The van der Waals surface area contributed by atoms with Gasteiger partial charge in [0.25, 0.3) is 0 Å². The highest BCUT2D eigenvalue weighted by Gasteiger charge is 2.19. The molecule has 1 nitrogen and oxygen atoms in total. The zero-order chi connectivity index (χ0) is 30.2. The summed E-state index contributed by atoms with van der Waals surface area (Å²) in [4.78, 5) is 0. The Labute approximate surface area is 270 Å². The first-order valence-electron chi connectivity index (χ1n) is 15.8. The second-order valence-corrected chi connectivity index (χ2v) is 13.1. The number of aromatic nitrogens is 1. The van der Waals surface area contributed by atoms with E-state index in [1.165, 1.54) is 91.5 Å². The van der Waals surface area contributed by atoms with Crippen LogP contribution in [0.5, 0.6) is 0 Å². The summed E-state index contributed by atoms with van der Waals surface area (Å²) in [7, 11) is 0. The van der Waals surface area contributed by atoms with Gasteiger partial charge in [-0.1, -0.05) is 127 Å². The number of para-hydroxylation sites is 2. The van der Waals surface area contributed by atoms with Gasteiger partial charge in [-0.2, -0.15) is 0 Å². The van der Waals surface area contributed by atoms with E-state index in [9.17, 15) is 0 Å². The topological polar surface area (TPSA) is 4.93 Å². The van der Waals surface area contributed by atoms with Crippen molar-refractivity contribution in [2.24, 2.45) is 0 Å². The average Bonchev–Trinajstić information content (AvgIpc) is 3.67. The van der Waals surface area contributed by atoms with E-state index in [-0.39, 0.29) is 0 Å². The summed E-state index contributed by atoms with van der Waals surface area (Å²) < 4.78 is 5.15. The molecule has 0 aliphatic carbocycles. The molecule has 46 heavy (non-hydrogen) atoms. The Morgan fingerprint density at radius 3 is 1.93 bits per heavy atom. The van der Waals surface area contributed by atoms with Crippen LogP contribution in [0.2, 0.25) is 0 Å². The summed E-state index contributed by atoms with van der Waals surface area (Å²) in [6.07, 6.45) is 0. The average molecular weight is 602 g/mol. The van der Waals surface area contributed by atoms with Crippen molar-refractivity contribution in [3.8, 4) is 27.9 Å². The largest absolute Gasteiger partial charge is 0.309 e. The molecular formula is C44H27NS. The van der Waals surface area contributed by atoms with E-state index in [4.69, 9.17) is 0 Å². The van der Waals surface area contributed by atoms with Crippen molar-refractivity contribution in [1.82, 2.24) is 4.57 Å². The molecule has 214 valence electrons. The molecule has 0 saturated carbocycles. The minimum absolute atomic E-state index is 1.19. The monoisotopic (exact) mass is 601 g/mol. The number of hydrogen-bond acceptors (Lipinski definition) is 1. The number of benzene rings is 8. The lowest BCUT2D eigenvalue weighted by atomic mass is 9.92. The summed E-state index contributed by atoms with van der Waals surface area (Å²) >= 11 is 1.89. The maximum atomic E-state index is 2.47. The van der Waals surface area contributed by atoms with Crippen molar-refractivity contribution in [3.05, 3.63) is 164 Å². The molecule has 0 aliphatic heterocycles. The lowest BCUT2D eigenvalue weighted by Gasteiger charge is -2.17. The van der Waals surface area contributed by atoms with E-state index >= 15 is 0 Å². The molecule has 8 aromatic carbocycles. The molecule has 0 amide bonds. The SMILES string of the molecule is c1ccc(-n2c3ccccc3c3cc(-c4cccc5c4sc4ccccc45)ccc32)c(-c2cc3ccccc3c3ccccc23)c1. The van der Waals surface area contributed by atoms with E-state index in [1.807, 2.05) is 11.3 Å². The molecule has 0 fully saturated rings. The molecule has 0 aliphatic rings. The number of hydrogen-bond donors (Lipinski definition) is 0. The van der Waals surface area contributed by atoms with Gasteiger partial charge >= 0.3 is 0 Å². The fourth-order valence-corrected chi connectivity index (χ4v) is 8.79. The predicted molar refractivity (Wildman–Crippen MR) is 200 cm³/mol. The smallest absolute Gasteiger partial charge is 0.0541 e. The molecule has 2 aromatic heterocycles. The summed E-state index contributed by atoms with van der Waals surface area (Å²) in [5.74, 6) is 0. The van der Waals surface area contributed by atoms with Crippen LogP contribution in [0.25, 0.3) is 91.5 Å². The Morgan fingerprint density at radius 2 is 1.02 bits per heavy atom. The molecule has 0 unspecified atom stereocenters. The highest BCUT2D eigenvalue weighted by molar-refractivity contribution is 7.26. The van der Waals surface area contributed by atoms with Crippen LogP contribution in [-0.2, 0) is 0 Å². The molecule has 0 radical (unpaired) electrons. The van der Waals surface area contributed by atoms with Crippen molar-refractivity contribution >= 4 is 74.9 Å². The third-order valence-corrected chi connectivity index (χ3v) is 10.8. The standard InChI is InChI=1S/C44H27NS/c1-2-13-30-28(12-1)26-38(33-15-4-3-14-32(30)33)34-16-5-8-21-40(34)45-41-22-9-6-17-35(41)39-27-29(24-25-42(39)45)31-19-11-20-37-36-18-7-10-23-43(36)46-44(31)37/h1-27H. The van der Waals surface area contributed by atoms with Crippen LogP contribution >= 0.6 is 11.3 Å². The van der Waals surface area contributed by atoms with Gasteiger partial charge in [-0.3, -0.25) is 0 Å². The van der Waals surface area contributed by atoms with Crippen LogP contribution in [0.3, 0.4) is 0 Å². The van der Waals surface area contributed by atoms with Gasteiger partial charge in [-0.15, -0.1) is 11.3 Å². The molecule has 0 N–H and O–H groups in total. The predicted octanol–water partition coefficient (Wildman–Crippen LogP) is 12.8. The lowest BCUT2D eigenvalue weighted by molar-refractivity contribution is 1.18. The van der Waals surface area contributed by atoms with Crippen LogP contribution in [0.1, 0.15) is 0 Å². The Kier molecular flexibility index (Phi) is 5.51. The fourth-order valence-electron chi connectivity index (χ4n) is 7.55. The van der Waals surface area contributed by atoms with Crippen molar-refractivity contribution < 1.29 is 0 Å². The van der Waals surface area contributed by atoms with Gasteiger partial charge in [0.2, 0.25) is 0 Å². The number of fused-ring (bicyclic) bond motifs is 9. The van der Waals surface area contributed by atoms with Gasteiger partial charge in [0, 0.05) is 36.5 Å². The third kappa shape index (κ3) is 3.68. The maximum Gasteiger partial charge on any atom is 0.0541 e. The van der Waals surface area contributed by atoms with E-state index in [0.717, 1.165) is 0 Å². The molecule has 2 heteroatoms. The minimum Gasteiger partial charge on any atom is -0.309 e. The normalized spacial score (nSPS) is 11.9. The highest BCUT2D eigenvalue weighted by Crippen LogP contribution is 2.43. The second-order valence-electron chi connectivity index (χ2n) is 12.1. The zero-order valence-corrected chi connectivity index (χ0v) is 25.8. The van der Waals surface area contributed by atoms with Gasteiger partial charge in [-0.25, -0.2) is 0 Å². The molecule has 0 spiro atoms. The first-order chi connectivity index (χ1) is 22.8. The molecule has 10 aromatic rings. The molecule has 0 bridgehead atoms. The Bertz CT molecular complexity index is 2810. The van der Waals surface area contributed by atoms with E-state index in [1.54, 1.807) is 0 Å². The molecular weight excluding hydrogens is 575 g/mol. The first-order valence-corrected chi connectivity index (χ1v) is 16.6. The number of thiophene rings is 1. The van der Waals surface area contributed by atoms with Gasteiger partial charge in [0.15, 0.2) is 0 Å². The van der Waals surface area contributed by atoms with Crippen LogP contribution < -0.4 is 0 Å². The second kappa shape index (κ2) is 9.90. The van der Waals surface area contributed by atoms with Gasteiger partial charge in [-0.05, 0) is 74.6 Å². The van der Waals surface area contributed by atoms with Gasteiger partial charge in [0.1, 0.15) is 0 Å². The molecule has 0 atom stereocenters. The summed E-state index contributed by atoms with van der Waals surface area (Å²) in [6, 6.07) is 60.2. The minimum atomic E-state index is 1.19. The fraction of sp³-hybridized carbons (Fsp3) is 0. The maximum absolute atomic E-state index is 2.47. The number of nitrogens with zero attached hydrogens (tertiary/aromatic N) is 1. The van der Waals surface area contributed by atoms with Crippen LogP contribution in [0.15, 0.2) is 164 Å². The van der Waals surface area contributed by atoms with Crippen molar-refractivity contribution in [2.45, 2.75) is 0 Å². The van der Waals surface area contributed by atoms with Crippen molar-refractivity contribution in [2.75, 3.05) is 0 Å².